The molecule has 0 atom stereocenters. The third-order valence-electron chi connectivity index (χ3n) is 4.33. The van der Waals surface area contributed by atoms with Gasteiger partial charge in [-0.05, 0) is 62.1 Å². The molecule has 0 saturated heterocycles. The molecule has 0 amide bonds. The van der Waals surface area contributed by atoms with Crippen molar-refractivity contribution in [2.45, 2.75) is 27.7 Å². The molecule has 3 aromatic rings. The quantitative estimate of drug-likeness (QED) is 0.603. The zero-order chi connectivity index (χ0) is 18.1. The number of rotatable bonds is 4. The number of hydrogen-bond donors (Lipinski definition) is 0. The van der Waals surface area contributed by atoms with Gasteiger partial charge in [-0.1, -0.05) is 49.1 Å². The van der Waals surface area contributed by atoms with Gasteiger partial charge in [0.05, 0.1) is 5.69 Å². The van der Waals surface area contributed by atoms with Gasteiger partial charge in [0, 0.05) is 5.57 Å². The Morgan fingerprint density at radius 2 is 1.56 bits per heavy atom. The molecular formula is C22H23N3. The Kier molecular flexibility index (Phi) is 4.41. The first kappa shape index (κ1) is 16.9. The molecule has 1 heterocycles. The van der Waals surface area contributed by atoms with Gasteiger partial charge in [0.2, 0.25) is 0 Å². The second kappa shape index (κ2) is 6.52. The van der Waals surface area contributed by atoms with Crippen molar-refractivity contribution in [1.29, 1.82) is 0 Å². The van der Waals surface area contributed by atoms with Crippen molar-refractivity contribution in [2.24, 2.45) is 0 Å². The SMILES string of the molecule is C=CC(=C)c1nc(C)nn1-c1c(C)cc(-c2ccc(C)cc2)cc1C. The Morgan fingerprint density at radius 3 is 2.12 bits per heavy atom. The van der Waals surface area contributed by atoms with E-state index in [1.54, 1.807) is 6.08 Å². The highest BCUT2D eigenvalue weighted by atomic mass is 15.4. The first-order valence-electron chi connectivity index (χ1n) is 8.34. The molecule has 3 heteroatoms. The maximum atomic E-state index is 4.58. The second-order valence-electron chi connectivity index (χ2n) is 6.45. The van der Waals surface area contributed by atoms with E-state index in [4.69, 9.17) is 0 Å². The summed E-state index contributed by atoms with van der Waals surface area (Å²) in [5.41, 5.74) is 7.81. The van der Waals surface area contributed by atoms with E-state index in [9.17, 15) is 0 Å². The zero-order valence-corrected chi connectivity index (χ0v) is 15.3. The van der Waals surface area contributed by atoms with E-state index in [2.05, 4.69) is 80.4 Å². The summed E-state index contributed by atoms with van der Waals surface area (Å²) in [5.74, 6) is 1.46. The van der Waals surface area contributed by atoms with Crippen LogP contribution in [-0.4, -0.2) is 14.8 Å². The standard InChI is InChI=1S/C22H23N3/c1-7-15(3)22-23-18(6)24-25(22)21-16(4)12-20(13-17(21)5)19-10-8-14(2)9-11-19/h7-13H,1,3H2,2,4-6H3. The first-order chi connectivity index (χ1) is 11.9. The molecule has 0 spiro atoms. The maximum Gasteiger partial charge on any atom is 0.162 e. The minimum atomic E-state index is 0.722. The Hall–Kier alpha value is -2.94. The van der Waals surface area contributed by atoms with Crippen molar-refractivity contribution in [3.8, 4) is 16.8 Å². The second-order valence-corrected chi connectivity index (χ2v) is 6.45. The van der Waals surface area contributed by atoms with Crippen molar-refractivity contribution >= 4 is 5.57 Å². The van der Waals surface area contributed by atoms with Crippen molar-refractivity contribution in [3.63, 3.8) is 0 Å². The van der Waals surface area contributed by atoms with Crippen LogP contribution in [0.15, 0.2) is 55.6 Å². The van der Waals surface area contributed by atoms with E-state index in [1.807, 2.05) is 11.6 Å². The molecule has 0 aliphatic heterocycles. The number of allylic oxidation sites excluding steroid dienone is 2. The number of hydrogen-bond acceptors (Lipinski definition) is 2. The van der Waals surface area contributed by atoms with Crippen molar-refractivity contribution in [2.75, 3.05) is 0 Å². The van der Waals surface area contributed by atoms with Crippen LogP contribution >= 0.6 is 0 Å². The lowest BCUT2D eigenvalue weighted by Gasteiger charge is -2.15. The number of nitrogens with zero attached hydrogens (tertiary/aromatic N) is 3. The monoisotopic (exact) mass is 329 g/mol. The summed E-state index contributed by atoms with van der Waals surface area (Å²) in [4.78, 5) is 4.51. The van der Waals surface area contributed by atoms with Gasteiger partial charge in [-0.3, -0.25) is 0 Å². The predicted octanol–water partition coefficient (Wildman–Crippen LogP) is 5.37. The van der Waals surface area contributed by atoms with Crippen LogP contribution in [0, 0.1) is 27.7 Å². The Bertz CT molecular complexity index is 936. The highest BCUT2D eigenvalue weighted by Crippen LogP contribution is 2.29. The fraction of sp³-hybridized carbons (Fsp3) is 0.182. The summed E-state index contributed by atoms with van der Waals surface area (Å²) in [6.45, 7) is 16.0. The van der Waals surface area contributed by atoms with Crippen LogP contribution in [0.3, 0.4) is 0 Å². The van der Waals surface area contributed by atoms with Gasteiger partial charge in [-0.15, -0.1) is 0 Å². The Labute approximate surface area is 149 Å². The topological polar surface area (TPSA) is 30.7 Å². The van der Waals surface area contributed by atoms with Crippen molar-refractivity contribution in [3.05, 3.63) is 84.0 Å². The van der Waals surface area contributed by atoms with Crippen molar-refractivity contribution in [1.82, 2.24) is 14.8 Å². The van der Waals surface area contributed by atoms with E-state index in [0.717, 1.165) is 34.0 Å². The fourth-order valence-corrected chi connectivity index (χ4v) is 3.07. The summed E-state index contributed by atoms with van der Waals surface area (Å²) in [5, 5.41) is 4.58. The van der Waals surface area contributed by atoms with Gasteiger partial charge >= 0.3 is 0 Å². The van der Waals surface area contributed by atoms with E-state index in [-0.39, 0.29) is 0 Å². The summed E-state index contributed by atoms with van der Waals surface area (Å²) in [6.07, 6.45) is 1.71. The molecule has 0 aliphatic rings. The smallest absolute Gasteiger partial charge is 0.162 e. The summed E-state index contributed by atoms with van der Waals surface area (Å²) in [6, 6.07) is 13.0. The number of aromatic nitrogens is 3. The van der Waals surface area contributed by atoms with E-state index in [1.165, 1.54) is 16.7 Å². The third kappa shape index (κ3) is 3.18. The van der Waals surface area contributed by atoms with Gasteiger partial charge in [0.1, 0.15) is 5.82 Å². The minimum Gasteiger partial charge on any atom is -0.212 e. The average Bonchev–Trinajstić information content (AvgIpc) is 2.95. The number of aryl methyl sites for hydroxylation is 4. The molecule has 25 heavy (non-hydrogen) atoms. The summed E-state index contributed by atoms with van der Waals surface area (Å²) < 4.78 is 1.88. The van der Waals surface area contributed by atoms with Crippen LogP contribution < -0.4 is 0 Å². The molecule has 0 saturated carbocycles. The van der Waals surface area contributed by atoms with Gasteiger partial charge in [-0.25, -0.2) is 9.67 Å². The number of benzene rings is 2. The molecule has 0 fully saturated rings. The summed E-state index contributed by atoms with van der Waals surface area (Å²) in [7, 11) is 0. The Morgan fingerprint density at radius 1 is 0.960 bits per heavy atom. The highest BCUT2D eigenvalue weighted by Gasteiger charge is 2.16. The molecule has 0 N–H and O–H groups in total. The normalized spacial score (nSPS) is 10.7. The largest absolute Gasteiger partial charge is 0.212 e. The molecule has 0 unspecified atom stereocenters. The van der Waals surface area contributed by atoms with Gasteiger partial charge < -0.3 is 0 Å². The van der Waals surface area contributed by atoms with Crippen LogP contribution in [0.25, 0.3) is 22.4 Å². The highest BCUT2D eigenvalue weighted by molar-refractivity contribution is 5.71. The van der Waals surface area contributed by atoms with E-state index >= 15 is 0 Å². The fourth-order valence-electron chi connectivity index (χ4n) is 3.07. The van der Waals surface area contributed by atoms with Gasteiger partial charge in [-0.2, -0.15) is 5.10 Å². The van der Waals surface area contributed by atoms with Crippen LogP contribution in [0.5, 0.6) is 0 Å². The molecule has 0 radical (unpaired) electrons. The minimum absolute atomic E-state index is 0.722. The molecule has 2 aromatic carbocycles. The Balaban J connectivity index is 2.15. The van der Waals surface area contributed by atoms with Crippen LogP contribution in [-0.2, 0) is 0 Å². The lowest BCUT2D eigenvalue weighted by atomic mass is 9.98. The van der Waals surface area contributed by atoms with Crippen LogP contribution in [0.2, 0.25) is 0 Å². The molecule has 126 valence electrons. The lowest BCUT2D eigenvalue weighted by molar-refractivity contribution is 0.838. The molecule has 3 nitrogen and oxygen atoms in total. The molecule has 0 aliphatic carbocycles. The van der Waals surface area contributed by atoms with E-state index in [0.29, 0.717) is 0 Å². The molecule has 0 bridgehead atoms. The lowest BCUT2D eigenvalue weighted by Crippen LogP contribution is -2.06. The molecule has 1 aromatic heterocycles. The first-order valence-corrected chi connectivity index (χ1v) is 8.34. The third-order valence-corrected chi connectivity index (χ3v) is 4.33. The van der Waals surface area contributed by atoms with Crippen LogP contribution in [0.1, 0.15) is 28.3 Å². The van der Waals surface area contributed by atoms with E-state index < -0.39 is 0 Å². The zero-order valence-electron chi connectivity index (χ0n) is 15.3. The van der Waals surface area contributed by atoms with Crippen molar-refractivity contribution < 1.29 is 0 Å². The average molecular weight is 329 g/mol. The van der Waals surface area contributed by atoms with Crippen LogP contribution in [0.4, 0.5) is 0 Å². The molecule has 3 rings (SSSR count). The van der Waals surface area contributed by atoms with Gasteiger partial charge in [0.15, 0.2) is 5.82 Å². The molecular weight excluding hydrogens is 306 g/mol. The van der Waals surface area contributed by atoms with Gasteiger partial charge in [0.25, 0.3) is 0 Å². The summed E-state index contributed by atoms with van der Waals surface area (Å²) >= 11 is 0. The maximum absolute atomic E-state index is 4.58. The predicted molar refractivity (Wildman–Crippen MR) is 105 cm³/mol.